The predicted molar refractivity (Wildman–Crippen MR) is 108 cm³/mol. The van der Waals surface area contributed by atoms with Crippen molar-refractivity contribution >= 4 is 28.2 Å². The highest BCUT2D eigenvalue weighted by molar-refractivity contribution is 6.31. The van der Waals surface area contributed by atoms with Crippen molar-refractivity contribution < 1.29 is 9.63 Å². The van der Waals surface area contributed by atoms with Crippen LogP contribution in [-0.2, 0) is 0 Å². The maximum Gasteiger partial charge on any atom is 0.278 e. The normalized spacial score (nSPS) is 16.2. The van der Waals surface area contributed by atoms with Crippen molar-refractivity contribution in [1.82, 2.24) is 24.1 Å². The summed E-state index contributed by atoms with van der Waals surface area (Å²) < 4.78 is 8.75. The van der Waals surface area contributed by atoms with E-state index in [0.29, 0.717) is 33.5 Å². The molecule has 1 fully saturated rings. The molecule has 1 unspecified atom stereocenters. The smallest absolute Gasteiger partial charge is 0.278 e. The summed E-state index contributed by atoms with van der Waals surface area (Å²) in [5.74, 6) is 1.19. The maximum absolute atomic E-state index is 13.4. The standard InChI is InChI=1S/C20H20ClN5O3/c1-11(9-27)26-15-8-13(21)6-7-14(15)25-10-22-16(17(25)20(26)28)18-23-19(29-24-18)12-4-2-3-5-12/h6-8,10-12,27H,2-5,9H2,1H3. The molecule has 0 bridgehead atoms. The first kappa shape index (κ1) is 18.3. The van der Waals surface area contributed by atoms with Crippen LogP contribution < -0.4 is 5.56 Å². The molecule has 3 heterocycles. The first-order chi connectivity index (χ1) is 14.1. The highest BCUT2D eigenvalue weighted by atomic mass is 35.5. The van der Waals surface area contributed by atoms with Gasteiger partial charge in [0.25, 0.3) is 5.56 Å². The summed E-state index contributed by atoms with van der Waals surface area (Å²) in [6, 6.07) is 4.87. The van der Waals surface area contributed by atoms with E-state index in [9.17, 15) is 9.90 Å². The Hall–Kier alpha value is -2.71. The van der Waals surface area contributed by atoms with E-state index < -0.39 is 6.04 Å². The van der Waals surface area contributed by atoms with Crippen molar-refractivity contribution in [3.63, 3.8) is 0 Å². The maximum atomic E-state index is 13.4. The average Bonchev–Trinajstić information content (AvgIpc) is 3.46. The molecule has 4 aromatic rings. The highest BCUT2D eigenvalue weighted by Crippen LogP contribution is 2.34. The molecule has 8 nitrogen and oxygen atoms in total. The monoisotopic (exact) mass is 413 g/mol. The van der Waals surface area contributed by atoms with Crippen molar-refractivity contribution in [3.8, 4) is 11.5 Å². The van der Waals surface area contributed by atoms with Gasteiger partial charge in [-0.25, -0.2) is 4.98 Å². The van der Waals surface area contributed by atoms with Crippen LogP contribution >= 0.6 is 11.6 Å². The Labute approximate surface area is 170 Å². The fourth-order valence-electron chi connectivity index (χ4n) is 4.21. The minimum Gasteiger partial charge on any atom is -0.394 e. The fourth-order valence-corrected chi connectivity index (χ4v) is 4.37. The summed E-state index contributed by atoms with van der Waals surface area (Å²) in [7, 11) is 0. The Morgan fingerprint density at radius 2 is 2.10 bits per heavy atom. The van der Waals surface area contributed by atoms with E-state index in [-0.39, 0.29) is 18.1 Å². The van der Waals surface area contributed by atoms with Crippen molar-refractivity contribution in [1.29, 1.82) is 0 Å². The van der Waals surface area contributed by atoms with Crippen LogP contribution in [0.2, 0.25) is 5.02 Å². The highest BCUT2D eigenvalue weighted by Gasteiger charge is 2.26. The van der Waals surface area contributed by atoms with Crippen molar-refractivity contribution in [3.05, 3.63) is 45.8 Å². The molecule has 1 aromatic carbocycles. The van der Waals surface area contributed by atoms with E-state index in [1.807, 2.05) is 6.07 Å². The Morgan fingerprint density at radius 1 is 1.31 bits per heavy atom. The quantitative estimate of drug-likeness (QED) is 0.549. The third-order valence-electron chi connectivity index (χ3n) is 5.71. The molecule has 1 aliphatic carbocycles. The summed E-state index contributed by atoms with van der Waals surface area (Å²) in [5, 5.41) is 14.3. The topological polar surface area (TPSA) is 98.5 Å². The molecular formula is C20H20ClN5O3. The zero-order valence-electron chi connectivity index (χ0n) is 15.9. The summed E-state index contributed by atoms with van der Waals surface area (Å²) >= 11 is 6.17. The number of hydrogen-bond donors (Lipinski definition) is 1. The average molecular weight is 414 g/mol. The number of benzene rings is 1. The van der Waals surface area contributed by atoms with Crippen molar-refractivity contribution in [2.75, 3.05) is 6.61 Å². The molecule has 29 heavy (non-hydrogen) atoms. The van der Waals surface area contributed by atoms with E-state index in [4.69, 9.17) is 16.1 Å². The van der Waals surface area contributed by atoms with Gasteiger partial charge in [-0.1, -0.05) is 29.6 Å². The second-order valence-corrected chi connectivity index (χ2v) is 8.03. The van der Waals surface area contributed by atoms with Crippen LogP contribution in [-0.4, -0.2) is 35.8 Å². The first-order valence-corrected chi connectivity index (χ1v) is 10.1. The van der Waals surface area contributed by atoms with E-state index in [2.05, 4.69) is 15.1 Å². The lowest BCUT2D eigenvalue weighted by Crippen LogP contribution is -2.27. The second kappa shape index (κ2) is 6.96. The molecule has 3 aromatic heterocycles. The lowest BCUT2D eigenvalue weighted by molar-refractivity contribution is 0.239. The fraction of sp³-hybridized carbons (Fsp3) is 0.400. The molecule has 0 spiro atoms. The van der Waals surface area contributed by atoms with E-state index >= 15 is 0 Å². The van der Waals surface area contributed by atoms with Gasteiger partial charge in [0.15, 0.2) is 0 Å². The number of nitrogens with zero attached hydrogens (tertiary/aromatic N) is 5. The van der Waals surface area contributed by atoms with Gasteiger partial charge in [0.05, 0.1) is 23.7 Å². The van der Waals surface area contributed by atoms with Crippen LogP contribution in [0.4, 0.5) is 0 Å². The Kier molecular flexibility index (Phi) is 4.40. The number of aliphatic hydroxyl groups excluding tert-OH is 1. The molecule has 0 amide bonds. The van der Waals surface area contributed by atoms with Gasteiger partial charge in [0, 0.05) is 10.9 Å². The third-order valence-corrected chi connectivity index (χ3v) is 5.94. The third kappa shape index (κ3) is 2.86. The predicted octanol–water partition coefficient (Wildman–Crippen LogP) is 3.56. The van der Waals surface area contributed by atoms with Crippen molar-refractivity contribution in [2.24, 2.45) is 0 Å². The van der Waals surface area contributed by atoms with Gasteiger partial charge < -0.3 is 9.63 Å². The second-order valence-electron chi connectivity index (χ2n) is 7.59. The van der Waals surface area contributed by atoms with Gasteiger partial charge in [-0.15, -0.1) is 0 Å². The molecule has 1 atom stereocenters. The Balaban J connectivity index is 1.77. The minimum absolute atomic E-state index is 0.185. The van der Waals surface area contributed by atoms with Crippen LogP contribution in [0.15, 0.2) is 33.8 Å². The molecule has 0 aliphatic heterocycles. The molecule has 150 valence electrons. The number of hydrogen-bond acceptors (Lipinski definition) is 6. The van der Waals surface area contributed by atoms with Crippen LogP contribution in [0.5, 0.6) is 0 Å². The molecule has 1 aliphatic rings. The van der Waals surface area contributed by atoms with Gasteiger partial charge in [-0.05, 0) is 38.0 Å². The Morgan fingerprint density at radius 3 is 2.86 bits per heavy atom. The lowest BCUT2D eigenvalue weighted by Gasteiger charge is -2.17. The van der Waals surface area contributed by atoms with Crippen molar-refractivity contribution in [2.45, 2.75) is 44.6 Å². The van der Waals surface area contributed by atoms with E-state index in [1.165, 1.54) is 0 Å². The van der Waals surface area contributed by atoms with Gasteiger partial charge in [0.1, 0.15) is 17.5 Å². The molecular weight excluding hydrogens is 394 g/mol. The number of aliphatic hydroxyl groups is 1. The van der Waals surface area contributed by atoms with Gasteiger partial charge in [-0.2, -0.15) is 4.98 Å². The number of aromatic nitrogens is 5. The molecule has 0 radical (unpaired) electrons. The van der Waals surface area contributed by atoms with Crippen LogP contribution in [0.25, 0.3) is 28.1 Å². The Bertz CT molecular complexity index is 1270. The van der Waals surface area contributed by atoms with Gasteiger partial charge in [0.2, 0.25) is 11.7 Å². The van der Waals surface area contributed by atoms with Crippen LogP contribution in [0.1, 0.15) is 50.5 Å². The minimum atomic E-state index is -0.435. The van der Waals surface area contributed by atoms with Gasteiger partial charge >= 0.3 is 0 Å². The number of rotatable bonds is 4. The zero-order chi connectivity index (χ0) is 20.1. The molecule has 5 rings (SSSR count). The molecule has 1 N–H and O–H groups in total. The summed E-state index contributed by atoms with van der Waals surface area (Å²) in [5.41, 5.74) is 1.81. The largest absolute Gasteiger partial charge is 0.394 e. The zero-order valence-corrected chi connectivity index (χ0v) is 16.6. The van der Waals surface area contributed by atoms with Gasteiger partial charge in [-0.3, -0.25) is 13.8 Å². The van der Waals surface area contributed by atoms with Crippen LogP contribution in [0.3, 0.4) is 0 Å². The van der Waals surface area contributed by atoms with E-state index in [0.717, 1.165) is 31.2 Å². The first-order valence-electron chi connectivity index (χ1n) is 9.74. The summed E-state index contributed by atoms with van der Waals surface area (Å²) in [6.07, 6.45) is 5.99. The van der Waals surface area contributed by atoms with E-state index in [1.54, 1.807) is 34.4 Å². The summed E-state index contributed by atoms with van der Waals surface area (Å²) in [6.45, 7) is 1.59. The molecule has 0 saturated heterocycles. The number of halogens is 1. The van der Waals surface area contributed by atoms with Crippen LogP contribution in [0, 0.1) is 0 Å². The SMILES string of the molecule is CC(CO)n1c(=O)c2c(-c3noc(C4CCCC4)n3)ncn2c2ccc(Cl)cc21. The number of fused-ring (bicyclic) bond motifs is 3. The number of imidazole rings is 1. The molecule has 1 saturated carbocycles. The lowest BCUT2D eigenvalue weighted by atomic mass is 10.1. The molecule has 9 heteroatoms. The summed E-state index contributed by atoms with van der Waals surface area (Å²) in [4.78, 5) is 22.4.